The van der Waals surface area contributed by atoms with E-state index in [2.05, 4.69) is 42.7 Å². The van der Waals surface area contributed by atoms with E-state index in [1.165, 1.54) is 37.9 Å². The molecule has 2 aliphatic heterocycles. The standard InChI is InChI=1S/C19H28N6S/c1-23-18(21-22-19(23)26-13-12-24-9-2-3-10-24)17-7-5-11-25(17)15-16-6-4-8-20-14-16/h4,6,8,14,17H,2-3,5,7,9-13,15H2,1H3. The van der Waals surface area contributed by atoms with E-state index in [1.807, 2.05) is 30.2 Å². The van der Waals surface area contributed by atoms with E-state index in [1.54, 1.807) is 0 Å². The third-order valence-electron chi connectivity index (χ3n) is 5.48. The number of hydrogen-bond donors (Lipinski definition) is 0. The summed E-state index contributed by atoms with van der Waals surface area (Å²) in [5.41, 5.74) is 1.27. The van der Waals surface area contributed by atoms with Gasteiger partial charge in [0.1, 0.15) is 0 Å². The molecule has 2 aromatic rings. The molecule has 0 amide bonds. The van der Waals surface area contributed by atoms with Gasteiger partial charge in [0.25, 0.3) is 0 Å². The highest BCUT2D eigenvalue weighted by atomic mass is 32.2. The molecule has 0 aliphatic carbocycles. The van der Waals surface area contributed by atoms with Crippen LogP contribution in [0.25, 0.3) is 0 Å². The van der Waals surface area contributed by atoms with Crippen LogP contribution in [0.5, 0.6) is 0 Å². The second kappa shape index (κ2) is 8.50. The third kappa shape index (κ3) is 4.10. The summed E-state index contributed by atoms with van der Waals surface area (Å²) >= 11 is 1.84. The maximum atomic E-state index is 4.56. The summed E-state index contributed by atoms with van der Waals surface area (Å²) < 4.78 is 2.21. The van der Waals surface area contributed by atoms with E-state index < -0.39 is 0 Å². The van der Waals surface area contributed by atoms with Crippen molar-refractivity contribution in [3.05, 3.63) is 35.9 Å². The van der Waals surface area contributed by atoms with E-state index in [4.69, 9.17) is 0 Å². The summed E-state index contributed by atoms with van der Waals surface area (Å²) in [7, 11) is 2.12. The number of thioether (sulfide) groups is 1. The number of nitrogens with zero attached hydrogens (tertiary/aromatic N) is 6. The molecule has 2 aliphatic rings. The first-order valence-electron chi connectivity index (χ1n) is 9.68. The van der Waals surface area contributed by atoms with Crippen molar-refractivity contribution in [3.63, 3.8) is 0 Å². The van der Waals surface area contributed by atoms with Gasteiger partial charge in [0, 0.05) is 38.3 Å². The summed E-state index contributed by atoms with van der Waals surface area (Å²) in [6, 6.07) is 4.52. The van der Waals surface area contributed by atoms with Gasteiger partial charge < -0.3 is 9.47 Å². The Hall–Kier alpha value is -1.44. The van der Waals surface area contributed by atoms with Gasteiger partial charge in [-0.3, -0.25) is 9.88 Å². The lowest BCUT2D eigenvalue weighted by molar-refractivity contribution is 0.235. The van der Waals surface area contributed by atoms with E-state index in [-0.39, 0.29) is 0 Å². The van der Waals surface area contributed by atoms with Crippen LogP contribution >= 0.6 is 11.8 Å². The minimum atomic E-state index is 0.362. The predicted molar refractivity (Wildman–Crippen MR) is 104 cm³/mol. The normalized spacial score (nSPS) is 21.7. The molecule has 140 valence electrons. The zero-order chi connectivity index (χ0) is 17.8. The topological polar surface area (TPSA) is 50.1 Å². The molecule has 6 nitrogen and oxygen atoms in total. The maximum Gasteiger partial charge on any atom is 0.191 e. The Bertz CT molecular complexity index is 697. The highest BCUT2D eigenvalue weighted by Gasteiger charge is 2.30. The molecule has 0 bridgehead atoms. The van der Waals surface area contributed by atoms with Crippen LogP contribution < -0.4 is 0 Å². The Labute approximate surface area is 160 Å². The molecule has 4 rings (SSSR count). The van der Waals surface area contributed by atoms with Crippen LogP contribution in [0.4, 0.5) is 0 Å². The fourth-order valence-corrected chi connectivity index (χ4v) is 4.97. The van der Waals surface area contributed by atoms with Crippen molar-refractivity contribution < 1.29 is 0 Å². The second-order valence-electron chi connectivity index (χ2n) is 7.29. The van der Waals surface area contributed by atoms with E-state index >= 15 is 0 Å². The minimum Gasteiger partial charge on any atom is -0.308 e. The summed E-state index contributed by atoms with van der Waals surface area (Å²) in [6.45, 7) is 5.72. The van der Waals surface area contributed by atoms with Crippen LogP contribution in [-0.2, 0) is 13.6 Å². The fourth-order valence-electron chi connectivity index (χ4n) is 4.05. The Morgan fingerprint density at radius 2 is 2.04 bits per heavy atom. The van der Waals surface area contributed by atoms with Crippen LogP contribution in [0, 0.1) is 0 Å². The van der Waals surface area contributed by atoms with E-state index in [9.17, 15) is 0 Å². The van der Waals surface area contributed by atoms with Gasteiger partial charge in [-0.05, 0) is 56.9 Å². The molecule has 1 unspecified atom stereocenters. The average Bonchev–Trinajstić information content (AvgIpc) is 3.39. The molecule has 26 heavy (non-hydrogen) atoms. The van der Waals surface area contributed by atoms with Crippen LogP contribution in [0.3, 0.4) is 0 Å². The number of rotatable bonds is 7. The van der Waals surface area contributed by atoms with E-state index in [0.29, 0.717) is 6.04 Å². The Kier molecular flexibility index (Phi) is 5.87. The first kappa shape index (κ1) is 17.9. The van der Waals surface area contributed by atoms with Gasteiger partial charge in [-0.1, -0.05) is 17.8 Å². The molecule has 0 radical (unpaired) electrons. The van der Waals surface area contributed by atoms with Crippen LogP contribution in [-0.4, -0.2) is 61.5 Å². The van der Waals surface area contributed by atoms with Crippen molar-refractivity contribution in [1.29, 1.82) is 0 Å². The van der Waals surface area contributed by atoms with Gasteiger partial charge >= 0.3 is 0 Å². The zero-order valence-corrected chi connectivity index (χ0v) is 16.4. The number of likely N-dealkylation sites (tertiary alicyclic amines) is 2. The Morgan fingerprint density at radius 3 is 2.85 bits per heavy atom. The molecular weight excluding hydrogens is 344 g/mol. The van der Waals surface area contributed by atoms with Crippen LogP contribution in [0.15, 0.2) is 29.7 Å². The van der Waals surface area contributed by atoms with Gasteiger partial charge in [-0.2, -0.15) is 0 Å². The summed E-state index contributed by atoms with van der Waals surface area (Å²) in [5.74, 6) is 2.20. The molecule has 2 aromatic heterocycles. The van der Waals surface area contributed by atoms with Gasteiger partial charge in [0.05, 0.1) is 6.04 Å². The number of aromatic nitrogens is 4. The van der Waals surface area contributed by atoms with Gasteiger partial charge in [0.15, 0.2) is 11.0 Å². The predicted octanol–water partition coefficient (Wildman–Crippen LogP) is 2.74. The minimum absolute atomic E-state index is 0.362. The lowest BCUT2D eigenvalue weighted by Crippen LogP contribution is -2.25. The Morgan fingerprint density at radius 1 is 1.15 bits per heavy atom. The SMILES string of the molecule is Cn1c(SCCN2CCCC2)nnc1C1CCCN1Cc1cccnc1. The first-order chi connectivity index (χ1) is 12.8. The molecule has 4 heterocycles. The largest absolute Gasteiger partial charge is 0.308 e. The van der Waals surface area contributed by atoms with Crippen molar-refractivity contribution >= 4 is 11.8 Å². The first-order valence-corrected chi connectivity index (χ1v) is 10.7. The lowest BCUT2D eigenvalue weighted by Gasteiger charge is -2.23. The van der Waals surface area contributed by atoms with Crippen molar-refractivity contribution in [3.8, 4) is 0 Å². The number of pyridine rings is 1. The molecule has 7 heteroatoms. The average molecular weight is 373 g/mol. The fraction of sp³-hybridized carbons (Fsp3) is 0.632. The molecule has 0 saturated carbocycles. The van der Waals surface area contributed by atoms with Crippen molar-refractivity contribution in [2.75, 3.05) is 31.9 Å². The summed E-state index contributed by atoms with van der Waals surface area (Å²) in [5, 5.41) is 10.1. The van der Waals surface area contributed by atoms with E-state index in [0.717, 1.165) is 42.8 Å². The molecule has 0 N–H and O–H groups in total. The third-order valence-corrected chi connectivity index (χ3v) is 6.48. The second-order valence-corrected chi connectivity index (χ2v) is 8.35. The smallest absolute Gasteiger partial charge is 0.191 e. The van der Waals surface area contributed by atoms with Crippen molar-refractivity contribution in [2.24, 2.45) is 7.05 Å². The molecule has 2 fully saturated rings. The maximum absolute atomic E-state index is 4.56. The van der Waals surface area contributed by atoms with Crippen molar-refractivity contribution in [1.82, 2.24) is 29.5 Å². The van der Waals surface area contributed by atoms with Crippen LogP contribution in [0.2, 0.25) is 0 Å². The number of hydrogen-bond acceptors (Lipinski definition) is 6. The zero-order valence-electron chi connectivity index (χ0n) is 15.5. The van der Waals surface area contributed by atoms with Crippen molar-refractivity contribution in [2.45, 2.75) is 43.4 Å². The highest BCUT2D eigenvalue weighted by Crippen LogP contribution is 2.33. The molecular formula is C19H28N6S. The summed E-state index contributed by atoms with van der Waals surface area (Å²) in [4.78, 5) is 9.31. The Balaban J connectivity index is 1.38. The van der Waals surface area contributed by atoms with Gasteiger partial charge in [-0.25, -0.2) is 0 Å². The highest BCUT2D eigenvalue weighted by molar-refractivity contribution is 7.99. The summed E-state index contributed by atoms with van der Waals surface area (Å²) in [6.07, 6.45) is 8.88. The van der Waals surface area contributed by atoms with Gasteiger partial charge in [-0.15, -0.1) is 10.2 Å². The molecule has 0 spiro atoms. The lowest BCUT2D eigenvalue weighted by atomic mass is 10.2. The molecule has 1 atom stereocenters. The monoisotopic (exact) mass is 372 g/mol. The quantitative estimate of drug-likeness (QED) is 0.697. The van der Waals surface area contributed by atoms with Crippen LogP contribution in [0.1, 0.15) is 43.1 Å². The molecule has 2 saturated heterocycles. The van der Waals surface area contributed by atoms with Gasteiger partial charge in [0.2, 0.25) is 0 Å². The molecule has 0 aromatic carbocycles.